The summed E-state index contributed by atoms with van der Waals surface area (Å²) in [5.41, 5.74) is 2.41. The van der Waals surface area contributed by atoms with E-state index >= 15 is 0 Å². The molecule has 3 rings (SSSR count). The highest BCUT2D eigenvalue weighted by Gasteiger charge is 2.32. The molecule has 22 heavy (non-hydrogen) atoms. The van der Waals surface area contributed by atoms with Crippen LogP contribution in [0.25, 0.3) is 0 Å². The Hall–Kier alpha value is -1.84. The molecule has 1 fully saturated rings. The van der Waals surface area contributed by atoms with E-state index in [0.717, 1.165) is 12.2 Å². The molecule has 0 N–H and O–H groups in total. The summed E-state index contributed by atoms with van der Waals surface area (Å²) >= 11 is 0. The summed E-state index contributed by atoms with van der Waals surface area (Å²) in [6, 6.07) is 18.4. The van der Waals surface area contributed by atoms with Gasteiger partial charge < -0.3 is 14.2 Å². The Morgan fingerprint density at radius 1 is 1.00 bits per heavy atom. The van der Waals surface area contributed by atoms with E-state index in [-0.39, 0.29) is 6.10 Å². The van der Waals surface area contributed by atoms with Crippen LogP contribution in [0.4, 0.5) is 0 Å². The van der Waals surface area contributed by atoms with Crippen molar-refractivity contribution in [2.45, 2.75) is 38.8 Å². The highest BCUT2D eigenvalue weighted by molar-refractivity contribution is 5.28. The van der Waals surface area contributed by atoms with Gasteiger partial charge in [-0.15, -0.1) is 0 Å². The van der Waals surface area contributed by atoms with E-state index in [1.54, 1.807) is 0 Å². The van der Waals surface area contributed by atoms with Crippen LogP contribution in [-0.4, -0.2) is 18.5 Å². The molecule has 0 aromatic heterocycles. The number of hydrogen-bond donors (Lipinski definition) is 0. The van der Waals surface area contributed by atoms with Gasteiger partial charge in [0.2, 0.25) is 0 Å². The fourth-order valence-corrected chi connectivity index (χ4v) is 2.59. The topological polar surface area (TPSA) is 27.7 Å². The van der Waals surface area contributed by atoms with Crippen LogP contribution in [0.3, 0.4) is 0 Å². The van der Waals surface area contributed by atoms with Crippen molar-refractivity contribution in [1.82, 2.24) is 0 Å². The van der Waals surface area contributed by atoms with Crippen molar-refractivity contribution in [2.24, 2.45) is 0 Å². The molecule has 116 valence electrons. The minimum atomic E-state index is -0.455. The van der Waals surface area contributed by atoms with Gasteiger partial charge in [0, 0.05) is 6.42 Å². The quantitative estimate of drug-likeness (QED) is 0.836. The van der Waals surface area contributed by atoms with Crippen LogP contribution in [0.1, 0.15) is 25.0 Å². The maximum atomic E-state index is 5.83. The number of rotatable bonds is 5. The largest absolute Gasteiger partial charge is 0.489 e. The molecule has 0 aliphatic carbocycles. The van der Waals surface area contributed by atoms with Crippen LogP contribution in [0.2, 0.25) is 0 Å². The van der Waals surface area contributed by atoms with E-state index < -0.39 is 5.79 Å². The average molecular weight is 298 g/mol. The van der Waals surface area contributed by atoms with E-state index in [1.165, 1.54) is 11.1 Å². The van der Waals surface area contributed by atoms with Crippen LogP contribution in [0.15, 0.2) is 54.6 Å². The molecule has 3 nitrogen and oxygen atoms in total. The second-order valence-electron chi connectivity index (χ2n) is 6.07. The fourth-order valence-electron chi connectivity index (χ4n) is 2.59. The summed E-state index contributed by atoms with van der Waals surface area (Å²) in [7, 11) is 0. The first-order chi connectivity index (χ1) is 10.6. The summed E-state index contributed by atoms with van der Waals surface area (Å²) in [6.45, 7) is 5.15. The van der Waals surface area contributed by atoms with Gasteiger partial charge in [-0.2, -0.15) is 0 Å². The molecule has 1 saturated heterocycles. The molecule has 2 aromatic rings. The predicted molar refractivity (Wildman–Crippen MR) is 85.8 cm³/mol. The zero-order valence-electron chi connectivity index (χ0n) is 13.1. The Morgan fingerprint density at radius 2 is 1.73 bits per heavy atom. The molecule has 1 heterocycles. The van der Waals surface area contributed by atoms with Crippen molar-refractivity contribution in [3.63, 3.8) is 0 Å². The summed E-state index contributed by atoms with van der Waals surface area (Å²) in [4.78, 5) is 0. The first-order valence-corrected chi connectivity index (χ1v) is 7.68. The van der Waals surface area contributed by atoms with E-state index in [0.29, 0.717) is 13.2 Å². The predicted octanol–water partition coefficient (Wildman–Crippen LogP) is 3.96. The molecule has 3 heteroatoms. The maximum Gasteiger partial charge on any atom is 0.163 e. The van der Waals surface area contributed by atoms with E-state index in [2.05, 4.69) is 24.3 Å². The molecule has 0 amide bonds. The Morgan fingerprint density at radius 3 is 2.36 bits per heavy atom. The molecule has 2 aromatic carbocycles. The molecule has 1 aliphatic rings. The van der Waals surface area contributed by atoms with Crippen LogP contribution in [-0.2, 0) is 22.5 Å². The van der Waals surface area contributed by atoms with E-state index in [4.69, 9.17) is 14.2 Å². The summed E-state index contributed by atoms with van der Waals surface area (Å²) in [5, 5.41) is 0. The molecular weight excluding hydrogens is 276 g/mol. The van der Waals surface area contributed by atoms with E-state index in [9.17, 15) is 0 Å². The molecular formula is C19H22O3. The summed E-state index contributed by atoms with van der Waals surface area (Å²) in [6.07, 6.45) is 0.994. The van der Waals surface area contributed by atoms with Crippen LogP contribution in [0.5, 0.6) is 5.75 Å². The SMILES string of the molecule is CC1(C)OCC(Cc2ccc(OCc3ccccc3)cc2)O1. The van der Waals surface area contributed by atoms with Gasteiger partial charge in [-0.3, -0.25) is 0 Å². The lowest BCUT2D eigenvalue weighted by Gasteiger charge is -2.17. The lowest BCUT2D eigenvalue weighted by molar-refractivity contribution is -0.138. The Kier molecular flexibility index (Phi) is 4.46. The monoisotopic (exact) mass is 298 g/mol. The lowest BCUT2D eigenvalue weighted by atomic mass is 10.1. The molecule has 0 saturated carbocycles. The van der Waals surface area contributed by atoms with E-state index in [1.807, 2.05) is 44.2 Å². The summed E-state index contributed by atoms with van der Waals surface area (Å²) < 4.78 is 17.2. The lowest BCUT2D eigenvalue weighted by Crippen LogP contribution is -2.22. The van der Waals surface area contributed by atoms with Crippen LogP contribution >= 0.6 is 0 Å². The normalized spacial score (nSPS) is 20.0. The molecule has 0 spiro atoms. The molecule has 0 radical (unpaired) electrons. The van der Waals surface area contributed by atoms with Crippen molar-refractivity contribution in [3.05, 3.63) is 65.7 Å². The van der Waals surface area contributed by atoms with Gasteiger partial charge in [0.25, 0.3) is 0 Å². The first kappa shape index (κ1) is 15.1. The van der Waals surface area contributed by atoms with Crippen molar-refractivity contribution >= 4 is 0 Å². The summed E-state index contributed by atoms with van der Waals surface area (Å²) in [5.74, 6) is 0.431. The standard InChI is InChI=1S/C19H22O3/c1-19(2)21-14-18(22-19)12-15-8-10-17(11-9-15)20-13-16-6-4-3-5-7-16/h3-11,18H,12-14H2,1-2H3. The van der Waals surface area contributed by atoms with Gasteiger partial charge in [-0.05, 0) is 37.1 Å². The molecule has 1 atom stereocenters. The van der Waals surface area contributed by atoms with Crippen LogP contribution < -0.4 is 4.74 Å². The maximum absolute atomic E-state index is 5.83. The molecule has 1 aliphatic heterocycles. The average Bonchev–Trinajstić information content (AvgIpc) is 2.86. The Labute approximate surface area is 131 Å². The van der Waals surface area contributed by atoms with Gasteiger partial charge in [0.05, 0.1) is 12.7 Å². The van der Waals surface area contributed by atoms with Gasteiger partial charge in [0.1, 0.15) is 12.4 Å². The van der Waals surface area contributed by atoms with Gasteiger partial charge >= 0.3 is 0 Å². The van der Waals surface area contributed by atoms with Gasteiger partial charge in [-0.1, -0.05) is 42.5 Å². The fraction of sp³-hybridized carbons (Fsp3) is 0.368. The number of hydrogen-bond acceptors (Lipinski definition) is 3. The number of ether oxygens (including phenoxy) is 3. The highest BCUT2D eigenvalue weighted by Crippen LogP contribution is 2.25. The first-order valence-electron chi connectivity index (χ1n) is 7.68. The zero-order valence-corrected chi connectivity index (χ0v) is 13.1. The van der Waals surface area contributed by atoms with Crippen molar-refractivity contribution in [3.8, 4) is 5.75 Å². The second-order valence-corrected chi connectivity index (χ2v) is 6.07. The molecule has 1 unspecified atom stereocenters. The molecule has 0 bridgehead atoms. The smallest absolute Gasteiger partial charge is 0.163 e. The van der Waals surface area contributed by atoms with Gasteiger partial charge in [-0.25, -0.2) is 0 Å². The zero-order chi connectivity index (χ0) is 15.4. The van der Waals surface area contributed by atoms with Crippen molar-refractivity contribution < 1.29 is 14.2 Å². The van der Waals surface area contributed by atoms with Crippen LogP contribution in [0, 0.1) is 0 Å². The Bertz CT molecular complexity index is 590. The third-order valence-electron chi connectivity index (χ3n) is 3.70. The number of benzene rings is 2. The minimum absolute atomic E-state index is 0.131. The van der Waals surface area contributed by atoms with Crippen molar-refractivity contribution in [1.29, 1.82) is 0 Å². The van der Waals surface area contributed by atoms with Crippen molar-refractivity contribution in [2.75, 3.05) is 6.61 Å². The highest BCUT2D eigenvalue weighted by atomic mass is 16.7. The minimum Gasteiger partial charge on any atom is -0.489 e. The Balaban J connectivity index is 1.52. The third kappa shape index (κ3) is 4.09. The van der Waals surface area contributed by atoms with Gasteiger partial charge in [0.15, 0.2) is 5.79 Å². The second kappa shape index (κ2) is 6.51. The third-order valence-corrected chi connectivity index (χ3v) is 3.70.